The van der Waals surface area contributed by atoms with E-state index in [2.05, 4.69) is 4.74 Å². The van der Waals surface area contributed by atoms with E-state index in [0.29, 0.717) is 0 Å². The lowest BCUT2D eigenvalue weighted by Gasteiger charge is -2.13. The minimum Gasteiger partial charge on any atom is -0.393 e. The fourth-order valence-corrected chi connectivity index (χ4v) is 0.935. The summed E-state index contributed by atoms with van der Waals surface area (Å²) in [5.74, 6) is -2.96. The molecule has 1 aliphatic rings. The number of aliphatic hydroxyl groups is 1. The van der Waals surface area contributed by atoms with E-state index in [4.69, 9.17) is 12.0 Å². The summed E-state index contributed by atoms with van der Waals surface area (Å²) in [7, 11) is 0. The van der Waals surface area contributed by atoms with Gasteiger partial charge < -0.3 is 9.84 Å². The average Bonchev–Trinajstić information content (AvgIpc) is 2.04. The third-order valence-corrected chi connectivity index (χ3v) is 1.45. The van der Waals surface area contributed by atoms with E-state index in [1.807, 2.05) is 0 Å². The molecule has 0 bridgehead atoms. The average molecular weight is 150 g/mol. The fourth-order valence-electron chi connectivity index (χ4n) is 0.935. The Morgan fingerprint density at radius 2 is 2.30 bits per heavy atom. The van der Waals surface area contributed by atoms with Crippen LogP contribution in [0, 0.1) is 6.92 Å². The molecular weight excluding hydrogens is 142 g/mol. The zero-order chi connectivity index (χ0) is 7.78. The quantitative estimate of drug-likeness (QED) is 0.589. The lowest BCUT2D eigenvalue weighted by Crippen LogP contribution is -2.31. The predicted octanol–water partition coefficient (Wildman–Crippen LogP) is 0.483. The first-order chi connectivity index (χ1) is 4.56. The van der Waals surface area contributed by atoms with Crippen LogP contribution in [-0.2, 0) is 4.74 Å². The number of aliphatic hydroxyl groups excluding tert-OH is 1. The lowest BCUT2D eigenvalue weighted by molar-refractivity contribution is -0.0918. The predicted molar refractivity (Wildman–Crippen MR) is 29.6 cm³/mol. The molecule has 1 saturated heterocycles. The van der Waals surface area contributed by atoms with Gasteiger partial charge in [0.15, 0.2) is 0 Å². The second-order valence-electron chi connectivity index (χ2n) is 2.31. The molecule has 0 saturated carbocycles. The highest BCUT2D eigenvalue weighted by atomic mass is 19.3. The molecule has 2 atom stereocenters. The molecule has 1 fully saturated rings. The molecule has 58 valence electrons. The monoisotopic (exact) mass is 150 g/mol. The summed E-state index contributed by atoms with van der Waals surface area (Å²) >= 11 is 0. The number of ether oxygens (including phenoxy) is 1. The molecule has 4 heteroatoms. The van der Waals surface area contributed by atoms with Crippen LogP contribution in [0.2, 0.25) is 0 Å². The second-order valence-corrected chi connectivity index (χ2v) is 2.31. The van der Waals surface area contributed by atoms with Crippen LogP contribution in [0.5, 0.6) is 0 Å². The molecule has 0 amide bonds. The van der Waals surface area contributed by atoms with E-state index < -0.39 is 31.2 Å². The Balaban J connectivity index is 2.58. The van der Waals surface area contributed by atoms with Crippen molar-refractivity contribution in [3.63, 3.8) is 0 Å². The largest absolute Gasteiger partial charge is 0.393 e. The number of alkyl halides is 2. The summed E-state index contributed by atoms with van der Waals surface area (Å²) in [6.07, 6.45) is -2.85. The van der Waals surface area contributed by atoms with Gasteiger partial charge in [-0.3, -0.25) is 0 Å². The smallest absolute Gasteiger partial charge is 0.278 e. The molecule has 1 rings (SSSR count). The van der Waals surface area contributed by atoms with Gasteiger partial charge in [-0.1, -0.05) is 0 Å². The third kappa shape index (κ3) is 1.27. The van der Waals surface area contributed by atoms with Gasteiger partial charge in [0.25, 0.3) is 5.92 Å². The molecule has 0 spiro atoms. The maximum Gasteiger partial charge on any atom is 0.278 e. The fraction of sp³-hybridized carbons (Fsp3) is 0.833. The molecule has 10 heavy (non-hydrogen) atoms. The molecule has 0 aromatic heterocycles. The van der Waals surface area contributed by atoms with Gasteiger partial charge in [0.2, 0.25) is 0 Å². The molecule has 0 aromatic carbocycles. The van der Waals surface area contributed by atoms with Crippen LogP contribution < -0.4 is 0 Å². The van der Waals surface area contributed by atoms with Crippen molar-refractivity contribution >= 4 is 0 Å². The Labute approximate surface area is 57.8 Å². The summed E-state index contributed by atoms with van der Waals surface area (Å²) < 4.78 is 29.5. The molecule has 0 aliphatic carbocycles. The number of hydrogen-bond donors (Lipinski definition) is 1. The van der Waals surface area contributed by atoms with Crippen molar-refractivity contribution in [3.8, 4) is 0 Å². The summed E-state index contributed by atoms with van der Waals surface area (Å²) in [6.45, 7) is 4.38. The summed E-state index contributed by atoms with van der Waals surface area (Å²) in [4.78, 5) is 0. The number of rotatable bonds is 1. The molecule has 1 unspecified atom stereocenters. The second kappa shape index (κ2) is 2.43. The Hall–Kier alpha value is -0.220. The zero-order valence-electron chi connectivity index (χ0n) is 5.26. The zero-order valence-corrected chi connectivity index (χ0v) is 5.26. The van der Waals surface area contributed by atoms with Crippen LogP contribution in [0.3, 0.4) is 0 Å². The lowest BCUT2D eigenvalue weighted by atomic mass is 10.1. The normalized spacial score (nSPS) is 38.4. The Bertz CT molecular complexity index is 127. The van der Waals surface area contributed by atoms with Gasteiger partial charge in [-0.25, -0.2) is 8.78 Å². The summed E-state index contributed by atoms with van der Waals surface area (Å²) in [6, 6.07) is 0. The van der Waals surface area contributed by atoms with Crippen molar-refractivity contribution in [2.75, 3.05) is 6.61 Å². The molecule has 2 radical (unpaired) electrons. The minimum atomic E-state index is -2.96. The van der Waals surface area contributed by atoms with Gasteiger partial charge in [0.05, 0.1) is 12.7 Å². The van der Waals surface area contributed by atoms with Crippen molar-refractivity contribution in [2.45, 2.75) is 24.6 Å². The standard InChI is InChI=1S/C6H8F2O2/c1-4-2-6(7,8)5(3-9)10-4/h1,4-5,9H,2-3H2/t4?,5-/m1/s1. The summed E-state index contributed by atoms with van der Waals surface area (Å²) in [5.41, 5.74) is 0. The van der Waals surface area contributed by atoms with Crippen LogP contribution in [-0.4, -0.2) is 29.8 Å². The van der Waals surface area contributed by atoms with E-state index in [-0.39, 0.29) is 0 Å². The first-order valence-corrected chi connectivity index (χ1v) is 2.96. The first-order valence-electron chi connectivity index (χ1n) is 2.96. The maximum atomic E-state index is 12.5. The van der Waals surface area contributed by atoms with E-state index in [0.717, 1.165) is 0 Å². The van der Waals surface area contributed by atoms with Crippen LogP contribution in [0.1, 0.15) is 6.42 Å². The van der Waals surface area contributed by atoms with Crippen LogP contribution >= 0.6 is 0 Å². The number of hydrogen-bond acceptors (Lipinski definition) is 2. The van der Waals surface area contributed by atoms with Crippen molar-refractivity contribution in [3.05, 3.63) is 6.92 Å². The molecule has 1 N–H and O–H groups in total. The Kier molecular flexibility index (Phi) is 1.92. The molecule has 2 nitrogen and oxygen atoms in total. The van der Waals surface area contributed by atoms with Crippen molar-refractivity contribution in [1.29, 1.82) is 0 Å². The Morgan fingerprint density at radius 1 is 1.70 bits per heavy atom. The molecular formula is C6H8F2O2. The van der Waals surface area contributed by atoms with Gasteiger partial charge in [-0.2, -0.15) is 0 Å². The first kappa shape index (κ1) is 7.88. The van der Waals surface area contributed by atoms with Crippen molar-refractivity contribution in [2.24, 2.45) is 0 Å². The van der Waals surface area contributed by atoms with Crippen molar-refractivity contribution in [1.82, 2.24) is 0 Å². The van der Waals surface area contributed by atoms with Gasteiger partial charge in [-0.15, -0.1) is 0 Å². The van der Waals surface area contributed by atoms with Crippen molar-refractivity contribution < 1.29 is 18.6 Å². The SMILES string of the molecule is [CH]C1CC(F)(F)[C@@H](CO)O1. The molecule has 0 aromatic rings. The topological polar surface area (TPSA) is 29.5 Å². The maximum absolute atomic E-state index is 12.5. The van der Waals surface area contributed by atoms with E-state index in [9.17, 15) is 8.78 Å². The van der Waals surface area contributed by atoms with Gasteiger partial charge in [-0.05, 0) is 6.92 Å². The molecule has 1 aliphatic heterocycles. The van der Waals surface area contributed by atoms with Gasteiger partial charge in [0.1, 0.15) is 6.10 Å². The van der Waals surface area contributed by atoms with E-state index >= 15 is 0 Å². The third-order valence-electron chi connectivity index (χ3n) is 1.45. The Morgan fingerprint density at radius 3 is 2.50 bits per heavy atom. The van der Waals surface area contributed by atoms with Gasteiger partial charge in [0, 0.05) is 6.42 Å². The van der Waals surface area contributed by atoms with Gasteiger partial charge >= 0.3 is 0 Å². The highest BCUT2D eigenvalue weighted by Crippen LogP contribution is 2.34. The number of halogens is 2. The van der Waals surface area contributed by atoms with Crippen LogP contribution in [0.4, 0.5) is 8.78 Å². The van der Waals surface area contributed by atoms with Crippen LogP contribution in [0.15, 0.2) is 0 Å². The minimum absolute atomic E-state index is 0.502. The highest BCUT2D eigenvalue weighted by molar-refractivity contribution is 4.89. The van der Waals surface area contributed by atoms with E-state index in [1.54, 1.807) is 0 Å². The summed E-state index contributed by atoms with van der Waals surface area (Å²) in [5, 5.41) is 8.36. The van der Waals surface area contributed by atoms with Crippen LogP contribution in [0.25, 0.3) is 0 Å². The molecule has 1 heterocycles. The van der Waals surface area contributed by atoms with E-state index in [1.165, 1.54) is 0 Å². The highest BCUT2D eigenvalue weighted by Gasteiger charge is 2.48.